The van der Waals surface area contributed by atoms with E-state index in [0.717, 1.165) is 22.2 Å². The van der Waals surface area contributed by atoms with Crippen LogP contribution in [0.5, 0.6) is 0 Å². The molecule has 0 saturated carbocycles. The van der Waals surface area contributed by atoms with E-state index in [9.17, 15) is 4.79 Å². The van der Waals surface area contributed by atoms with Crippen LogP contribution in [0.4, 0.5) is 0 Å². The average molecular weight is 351 g/mol. The fourth-order valence-electron chi connectivity index (χ4n) is 3.13. The van der Waals surface area contributed by atoms with Gasteiger partial charge < -0.3 is 0 Å². The molecule has 4 aromatic heterocycles. The third-order valence-electron chi connectivity index (χ3n) is 4.28. The Morgan fingerprint density at radius 1 is 1.32 bits per heavy atom. The maximum atomic E-state index is 13.0. The van der Waals surface area contributed by atoms with Crippen LogP contribution in [0.1, 0.15) is 17.4 Å². The van der Waals surface area contributed by atoms with Gasteiger partial charge in [-0.25, -0.2) is 9.78 Å². The van der Waals surface area contributed by atoms with Crippen LogP contribution in [0.15, 0.2) is 42.0 Å². The van der Waals surface area contributed by atoms with Gasteiger partial charge in [0, 0.05) is 29.4 Å². The lowest BCUT2D eigenvalue weighted by Gasteiger charge is -2.05. The van der Waals surface area contributed by atoms with Crippen LogP contribution in [-0.4, -0.2) is 24.1 Å². The highest BCUT2D eigenvalue weighted by Gasteiger charge is 2.20. The zero-order chi connectivity index (χ0) is 17.6. The number of hydrogen-bond donors (Lipinski definition) is 0. The summed E-state index contributed by atoms with van der Waals surface area (Å²) in [5.74, 6) is 0.531. The van der Waals surface area contributed by atoms with Gasteiger partial charge in [-0.3, -0.25) is 9.55 Å². The minimum absolute atomic E-state index is 0.195. The summed E-state index contributed by atoms with van der Waals surface area (Å²) in [6, 6.07) is 3.68. The topological polar surface area (TPSA) is 65.1 Å². The van der Waals surface area contributed by atoms with Gasteiger partial charge in [0.1, 0.15) is 4.83 Å². The first-order valence-electron chi connectivity index (χ1n) is 8.08. The lowest BCUT2D eigenvalue weighted by atomic mass is 10.1. The number of aryl methyl sites for hydroxylation is 2. The molecule has 0 aliphatic carbocycles. The molecule has 0 aliphatic heterocycles. The summed E-state index contributed by atoms with van der Waals surface area (Å²) in [6.45, 7) is 8.43. The average Bonchev–Trinajstić information content (AvgIpc) is 3.20. The predicted octanol–water partition coefficient (Wildman–Crippen LogP) is 3.22. The van der Waals surface area contributed by atoms with Crippen molar-refractivity contribution in [3.8, 4) is 11.4 Å². The van der Waals surface area contributed by atoms with Crippen molar-refractivity contribution in [3.05, 3.63) is 58.1 Å². The molecule has 25 heavy (non-hydrogen) atoms. The SMILES string of the molecule is C=CCn1c(=O)n2nc(-c3ccncc3)nc2c2c(CC)c(C)sc21. The van der Waals surface area contributed by atoms with Crippen LogP contribution < -0.4 is 5.69 Å². The van der Waals surface area contributed by atoms with Crippen molar-refractivity contribution in [2.45, 2.75) is 26.8 Å². The van der Waals surface area contributed by atoms with Gasteiger partial charge in [-0.2, -0.15) is 4.52 Å². The Morgan fingerprint density at radius 2 is 2.08 bits per heavy atom. The molecule has 4 rings (SSSR count). The number of hydrogen-bond acceptors (Lipinski definition) is 5. The highest BCUT2D eigenvalue weighted by Crippen LogP contribution is 2.33. The fourth-order valence-corrected chi connectivity index (χ4v) is 4.37. The summed E-state index contributed by atoms with van der Waals surface area (Å²) in [5, 5.41) is 5.49. The maximum absolute atomic E-state index is 13.0. The Labute approximate surface area is 148 Å². The number of fused-ring (bicyclic) bond motifs is 3. The van der Waals surface area contributed by atoms with Crippen LogP contribution >= 0.6 is 11.3 Å². The van der Waals surface area contributed by atoms with E-state index in [1.165, 1.54) is 15.0 Å². The third-order valence-corrected chi connectivity index (χ3v) is 5.45. The minimum atomic E-state index is -0.195. The summed E-state index contributed by atoms with van der Waals surface area (Å²) >= 11 is 1.63. The van der Waals surface area contributed by atoms with Crippen LogP contribution in [0, 0.1) is 6.92 Å². The summed E-state index contributed by atoms with van der Waals surface area (Å²) in [7, 11) is 0. The van der Waals surface area contributed by atoms with Crippen molar-refractivity contribution in [2.75, 3.05) is 0 Å². The molecule has 0 unspecified atom stereocenters. The normalized spacial score (nSPS) is 11.4. The maximum Gasteiger partial charge on any atom is 0.352 e. The molecule has 6 nitrogen and oxygen atoms in total. The second-order valence-corrected chi connectivity index (χ2v) is 6.96. The molecule has 0 saturated heterocycles. The van der Waals surface area contributed by atoms with Gasteiger partial charge in [0.15, 0.2) is 11.5 Å². The van der Waals surface area contributed by atoms with E-state index in [-0.39, 0.29) is 5.69 Å². The molecule has 0 aliphatic rings. The summed E-state index contributed by atoms with van der Waals surface area (Å²) in [4.78, 5) is 23.8. The van der Waals surface area contributed by atoms with Gasteiger partial charge in [0.25, 0.3) is 0 Å². The fraction of sp³-hybridized carbons (Fsp3) is 0.222. The second kappa shape index (κ2) is 5.93. The molecule has 0 bridgehead atoms. The van der Waals surface area contributed by atoms with Gasteiger partial charge in [0.05, 0.1) is 5.39 Å². The molecule has 0 fully saturated rings. The van der Waals surface area contributed by atoms with Crippen LogP contribution in [0.3, 0.4) is 0 Å². The number of rotatable bonds is 4. The van der Waals surface area contributed by atoms with E-state index in [1.807, 2.05) is 12.1 Å². The van der Waals surface area contributed by atoms with Crippen molar-refractivity contribution >= 4 is 27.2 Å². The molecule has 0 atom stereocenters. The summed E-state index contributed by atoms with van der Waals surface area (Å²) < 4.78 is 3.13. The van der Waals surface area contributed by atoms with Crippen molar-refractivity contribution < 1.29 is 0 Å². The molecule has 0 N–H and O–H groups in total. The minimum Gasteiger partial charge on any atom is -0.279 e. The number of allylic oxidation sites excluding steroid dienone is 1. The Morgan fingerprint density at radius 3 is 2.76 bits per heavy atom. The molecule has 4 aromatic rings. The van der Waals surface area contributed by atoms with E-state index in [2.05, 4.69) is 35.5 Å². The smallest absolute Gasteiger partial charge is 0.279 e. The van der Waals surface area contributed by atoms with Gasteiger partial charge in [-0.05, 0) is 31.0 Å². The number of aromatic nitrogens is 5. The van der Waals surface area contributed by atoms with Crippen LogP contribution in [0.25, 0.3) is 27.3 Å². The van der Waals surface area contributed by atoms with Crippen LogP contribution in [-0.2, 0) is 13.0 Å². The molecular formula is C18H17N5OS. The quantitative estimate of drug-likeness (QED) is 0.530. The van der Waals surface area contributed by atoms with Gasteiger partial charge in [0.2, 0.25) is 0 Å². The molecule has 4 heterocycles. The zero-order valence-corrected chi connectivity index (χ0v) is 14.9. The standard InChI is InChI=1S/C18H17N5OS/c1-4-10-22-17-14(13(5-2)11(3)25-17)16-20-15(21-23(16)18(22)24)12-6-8-19-9-7-12/h4,6-9H,1,5,10H2,2-3H3. The Hall–Kier alpha value is -2.80. The molecule has 0 spiro atoms. The van der Waals surface area contributed by atoms with Gasteiger partial charge in [-0.1, -0.05) is 13.0 Å². The molecule has 126 valence electrons. The van der Waals surface area contributed by atoms with E-state index in [0.29, 0.717) is 18.0 Å². The molecule has 0 radical (unpaired) electrons. The third kappa shape index (κ3) is 2.31. The predicted molar refractivity (Wildman–Crippen MR) is 100 cm³/mol. The summed E-state index contributed by atoms with van der Waals surface area (Å²) in [6.07, 6.45) is 6.00. The lowest BCUT2D eigenvalue weighted by Crippen LogP contribution is -2.27. The van der Waals surface area contributed by atoms with E-state index >= 15 is 0 Å². The second-order valence-electron chi connectivity index (χ2n) is 5.76. The summed E-state index contributed by atoms with van der Waals surface area (Å²) in [5.41, 5.74) is 2.48. The largest absolute Gasteiger partial charge is 0.352 e. The van der Waals surface area contributed by atoms with Crippen molar-refractivity contribution in [1.82, 2.24) is 24.1 Å². The van der Waals surface area contributed by atoms with Crippen molar-refractivity contribution in [1.29, 1.82) is 0 Å². The highest BCUT2D eigenvalue weighted by atomic mass is 32.1. The first-order chi connectivity index (χ1) is 12.2. The number of pyridine rings is 1. The molecule has 0 aromatic carbocycles. The Kier molecular flexibility index (Phi) is 3.73. The van der Waals surface area contributed by atoms with E-state index in [1.54, 1.807) is 34.4 Å². The van der Waals surface area contributed by atoms with E-state index in [4.69, 9.17) is 0 Å². The van der Waals surface area contributed by atoms with E-state index < -0.39 is 0 Å². The van der Waals surface area contributed by atoms with Gasteiger partial charge in [-0.15, -0.1) is 23.0 Å². The molecule has 0 amide bonds. The first kappa shape index (κ1) is 15.7. The Balaban J connectivity index is 2.16. The highest BCUT2D eigenvalue weighted by molar-refractivity contribution is 7.19. The number of thiophene rings is 1. The zero-order valence-electron chi connectivity index (χ0n) is 14.1. The lowest BCUT2D eigenvalue weighted by molar-refractivity contribution is 0.733. The molecular weight excluding hydrogens is 334 g/mol. The first-order valence-corrected chi connectivity index (χ1v) is 8.90. The van der Waals surface area contributed by atoms with Crippen LogP contribution in [0.2, 0.25) is 0 Å². The van der Waals surface area contributed by atoms with Crippen molar-refractivity contribution in [2.24, 2.45) is 0 Å². The Bertz CT molecular complexity index is 1150. The monoisotopic (exact) mass is 351 g/mol. The van der Waals surface area contributed by atoms with Gasteiger partial charge >= 0.3 is 5.69 Å². The van der Waals surface area contributed by atoms with Crippen molar-refractivity contribution in [3.63, 3.8) is 0 Å². The number of nitrogens with zero attached hydrogens (tertiary/aromatic N) is 5. The molecule has 7 heteroatoms.